The molecule has 0 saturated heterocycles. The Kier molecular flexibility index (Phi) is 5.01. The summed E-state index contributed by atoms with van der Waals surface area (Å²) in [4.78, 5) is 4.24. The van der Waals surface area contributed by atoms with E-state index in [-0.39, 0.29) is 0 Å². The lowest BCUT2D eigenvalue weighted by Crippen LogP contribution is -2.05. The van der Waals surface area contributed by atoms with Crippen LogP contribution in [-0.4, -0.2) is 6.61 Å². The molecule has 0 heterocycles. The Morgan fingerprint density at radius 2 is 1.88 bits per heavy atom. The van der Waals surface area contributed by atoms with Crippen LogP contribution in [0.4, 0.5) is 0 Å². The van der Waals surface area contributed by atoms with Crippen LogP contribution in [0.5, 0.6) is 0 Å². The molecule has 0 saturated carbocycles. The maximum atomic E-state index is 6.44. The largest absolute Gasteiger partial charge is 0.285 e. The van der Waals surface area contributed by atoms with Crippen LogP contribution in [-0.2, 0) is 4.84 Å². The molecule has 0 aliphatic carbocycles. The summed E-state index contributed by atoms with van der Waals surface area (Å²) in [5.41, 5.74) is 0. The minimum atomic E-state index is 0.590. The second-order valence-corrected chi connectivity index (χ2v) is 1.99. The first kappa shape index (κ1) is 7.92. The van der Waals surface area contributed by atoms with E-state index in [1.165, 1.54) is 0 Å². The van der Waals surface area contributed by atoms with Crippen molar-refractivity contribution in [3.63, 3.8) is 0 Å². The van der Waals surface area contributed by atoms with E-state index in [1.807, 2.05) is 0 Å². The van der Waals surface area contributed by atoms with Gasteiger partial charge in [0.1, 0.15) is 0 Å². The van der Waals surface area contributed by atoms with Crippen LogP contribution in [0.2, 0.25) is 0 Å². The zero-order valence-corrected chi connectivity index (χ0v) is 5.61. The van der Waals surface area contributed by atoms with E-state index < -0.39 is 0 Å². The molecule has 0 aromatic carbocycles. The summed E-state index contributed by atoms with van der Waals surface area (Å²) in [5.74, 6) is 7.03. The highest BCUT2D eigenvalue weighted by Crippen LogP contribution is 2.05. The summed E-state index contributed by atoms with van der Waals surface area (Å²) in [6.45, 7) is 4.83. The average molecular weight is 116 g/mol. The summed E-state index contributed by atoms with van der Waals surface area (Å²) in [6.07, 6.45) is 2.24. The monoisotopic (exact) mass is 116 g/mol. The van der Waals surface area contributed by atoms with Gasteiger partial charge < -0.3 is 0 Å². The smallest absolute Gasteiger partial charge is 0.0727 e. The van der Waals surface area contributed by atoms with Crippen molar-refractivity contribution in [1.82, 2.24) is 5.90 Å². The minimum Gasteiger partial charge on any atom is -0.285 e. The first-order chi connectivity index (χ1) is 3.85. The van der Waals surface area contributed by atoms with E-state index in [0.717, 1.165) is 12.8 Å². The molecule has 0 amide bonds. The van der Waals surface area contributed by atoms with E-state index in [9.17, 15) is 0 Å². The third-order valence-corrected chi connectivity index (χ3v) is 1.47. The van der Waals surface area contributed by atoms with Crippen LogP contribution in [0.1, 0.15) is 26.7 Å². The summed E-state index contributed by atoms with van der Waals surface area (Å²) in [6, 6.07) is 0. The summed E-state index contributed by atoms with van der Waals surface area (Å²) in [5, 5.41) is 0. The van der Waals surface area contributed by atoms with E-state index >= 15 is 0 Å². The van der Waals surface area contributed by atoms with Gasteiger partial charge in [-0.1, -0.05) is 26.7 Å². The van der Waals surface area contributed by atoms with Crippen LogP contribution >= 0.6 is 0 Å². The Labute approximate surface area is 51.0 Å². The lowest BCUT2D eigenvalue weighted by Gasteiger charge is -2.07. The number of hydrogen-bond acceptors (Lipinski definition) is 1. The third kappa shape index (κ3) is 2.99. The van der Waals surface area contributed by atoms with Crippen molar-refractivity contribution in [3.05, 3.63) is 0 Å². The molecule has 0 fully saturated rings. The SMILES string of the molecule is CCC(CC)CO[NH]. The number of rotatable bonds is 4. The molecule has 2 nitrogen and oxygen atoms in total. The lowest BCUT2D eigenvalue weighted by atomic mass is 10.1. The molecule has 8 heavy (non-hydrogen) atoms. The van der Waals surface area contributed by atoms with Gasteiger partial charge in [-0.25, -0.2) is 0 Å². The molecule has 0 rings (SSSR count). The zero-order valence-electron chi connectivity index (χ0n) is 5.61. The van der Waals surface area contributed by atoms with Gasteiger partial charge >= 0.3 is 0 Å². The fourth-order valence-electron chi connectivity index (χ4n) is 0.642. The maximum absolute atomic E-state index is 6.44. The maximum Gasteiger partial charge on any atom is 0.0727 e. The highest BCUT2D eigenvalue weighted by atomic mass is 16.6. The molecule has 0 atom stereocenters. The molecular weight excluding hydrogens is 102 g/mol. The highest BCUT2D eigenvalue weighted by molar-refractivity contribution is 4.49. The van der Waals surface area contributed by atoms with Gasteiger partial charge in [-0.2, -0.15) is 0 Å². The van der Waals surface area contributed by atoms with Gasteiger partial charge in [0, 0.05) is 0 Å². The predicted molar refractivity (Wildman–Crippen MR) is 33.1 cm³/mol. The van der Waals surface area contributed by atoms with Gasteiger partial charge in [0.2, 0.25) is 0 Å². The Bertz CT molecular complexity index is 43.8. The van der Waals surface area contributed by atoms with Gasteiger partial charge in [0.05, 0.1) is 6.61 Å². The van der Waals surface area contributed by atoms with Gasteiger partial charge in [0.15, 0.2) is 0 Å². The zero-order chi connectivity index (χ0) is 6.41. The average Bonchev–Trinajstić information content (AvgIpc) is 1.83. The van der Waals surface area contributed by atoms with Crippen molar-refractivity contribution in [2.75, 3.05) is 6.61 Å². The van der Waals surface area contributed by atoms with Gasteiger partial charge in [-0.05, 0) is 5.92 Å². The normalized spacial score (nSPS) is 10.5. The van der Waals surface area contributed by atoms with Crippen molar-refractivity contribution in [1.29, 1.82) is 0 Å². The van der Waals surface area contributed by atoms with Crippen LogP contribution in [0.25, 0.3) is 0 Å². The van der Waals surface area contributed by atoms with E-state index in [1.54, 1.807) is 0 Å². The fourth-order valence-corrected chi connectivity index (χ4v) is 0.642. The van der Waals surface area contributed by atoms with Gasteiger partial charge in [-0.15, -0.1) is 5.90 Å². The standard InChI is InChI=1S/C6H14NO/c1-3-6(4-2)5-8-7/h6-7H,3-5H2,1-2H3. The molecule has 0 aliphatic heterocycles. The van der Waals surface area contributed by atoms with E-state index in [2.05, 4.69) is 18.7 Å². The van der Waals surface area contributed by atoms with Crippen molar-refractivity contribution >= 4 is 0 Å². The Hall–Kier alpha value is -0.0800. The fraction of sp³-hybridized carbons (Fsp3) is 1.00. The van der Waals surface area contributed by atoms with Crippen LogP contribution in [0.3, 0.4) is 0 Å². The second-order valence-electron chi connectivity index (χ2n) is 1.99. The molecule has 0 bridgehead atoms. The molecular formula is C6H14NO. The van der Waals surface area contributed by atoms with Crippen molar-refractivity contribution in [2.45, 2.75) is 26.7 Å². The Balaban J connectivity index is 3.07. The summed E-state index contributed by atoms with van der Waals surface area (Å²) < 4.78 is 0. The van der Waals surface area contributed by atoms with Gasteiger partial charge in [-0.3, -0.25) is 4.84 Å². The highest BCUT2D eigenvalue weighted by Gasteiger charge is 2.00. The lowest BCUT2D eigenvalue weighted by molar-refractivity contribution is 0.0816. The quantitative estimate of drug-likeness (QED) is 0.514. The molecule has 0 spiro atoms. The van der Waals surface area contributed by atoms with E-state index in [0.29, 0.717) is 12.5 Å². The summed E-state index contributed by atoms with van der Waals surface area (Å²) >= 11 is 0. The molecule has 2 heteroatoms. The Morgan fingerprint density at radius 1 is 1.38 bits per heavy atom. The van der Waals surface area contributed by atoms with Crippen molar-refractivity contribution in [2.24, 2.45) is 5.92 Å². The predicted octanol–water partition coefficient (Wildman–Crippen LogP) is 1.64. The van der Waals surface area contributed by atoms with Crippen LogP contribution in [0.15, 0.2) is 0 Å². The molecule has 0 unspecified atom stereocenters. The second kappa shape index (κ2) is 5.06. The number of hydrogen-bond donors (Lipinski definition) is 0. The van der Waals surface area contributed by atoms with Crippen LogP contribution in [0, 0.1) is 5.92 Å². The molecule has 1 N–H and O–H groups in total. The minimum absolute atomic E-state index is 0.590. The third-order valence-electron chi connectivity index (χ3n) is 1.47. The summed E-state index contributed by atoms with van der Waals surface area (Å²) in [7, 11) is 0. The number of nitrogens with one attached hydrogen (secondary N) is 1. The molecule has 0 aromatic rings. The molecule has 0 aromatic heterocycles. The molecule has 1 radical (unpaired) electrons. The van der Waals surface area contributed by atoms with E-state index in [4.69, 9.17) is 5.90 Å². The van der Waals surface area contributed by atoms with Crippen LogP contribution < -0.4 is 5.90 Å². The first-order valence-corrected chi connectivity index (χ1v) is 3.13. The first-order valence-electron chi connectivity index (χ1n) is 3.13. The Morgan fingerprint density at radius 3 is 2.00 bits per heavy atom. The van der Waals surface area contributed by atoms with Crippen molar-refractivity contribution in [3.8, 4) is 0 Å². The molecule has 49 valence electrons. The topological polar surface area (TPSA) is 33.0 Å². The van der Waals surface area contributed by atoms with Crippen molar-refractivity contribution < 1.29 is 4.84 Å². The van der Waals surface area contributed by atoms with Gasteiger partial charge in [0.25, 0.3) is 0 Å². The molecule has 0 aliphatic rings.